The van der Waals surface area contributed by atoms with Crippen LogP contribution in [0.5, 0.6) is 0 Å². The molecule has 0 radical (unpaired) electrons. The maximum atomic E-state index is 13.6. The van der Waals surface area contributed by atoms with Crippen LogP contribution in [-0.2, 0) is 11.3 Å². The summed E-state index contributed by atoms with van der Waals surface area (Å²) in [6.07, 6.45) is 1.98. The summed E-state index contributed by atoms with van der Waals surface area (Å²) >= 11 is 12.3. The molecule has 1 aliphatic carbocycles. The van der Waals surface area contributed by atoms with Crippen molar-refractivity contribution in [3.8, 4) is 11.5 Å². The molecule has 1 amide bonds. The second-order valence-electron chi connectivity index (χ2n) is 7.95. The Morgan fingerprint density at radius 1 is 1.10 bits per heavy atom. The monoisotopic (exact) mass is 443 g/mol. The minimum Gasteiger partial charge on any atom is -0.419 e. The highest BCUT2D eigenvalue weighted by Gasteiger charge is 2.38. The highest BCUT2D eigenvalue weighted by molar-refractivity contribution is 6.33. The summed E-state index contributed by atoms with van der Waals surface area (Å²) in [4.78, 5) is 15.4. The SMILES string of the molecule is CC(C)C(C(=O)N(Cc1nnc(-c2ccccc2Cl)o1)C1CC1)c1ccc(Cl)cc1. The van der Waals surface area contributed by atoms with Crippen LogP contribution < -0.4 is 0 Å². The van der Waals surface area contributed by atoms with Gasteiger partial charge in [-0.15, -0.1) is 10.2 Å². The van der Waals surface area contributed by atoms with E-state index in [2.05, 4.69) is 24.0 Å². The Labute approximate surface area is 186 Å². The zero-order valence-electron chi connectivity index (χ0n) is 16.9. The van der Waals surface area contributed by atoms with E-state index in [1.54, 1.807) is 6.07 Å². The lowest BCUT2D eigenvalue weighted by Crippen LogP contribution is -2.38. The first-order valence-electron chi connectivity index (χ1n) is 10.1. The molecule has 4 rings (SSSR count). The molecule has 1 unspecified atom stereocenters. The third-order valence-electron chi connectivity index (χ3n) is 5.31. The summed E-state index contributed by atoms with van der Waals surface area (Å²) < 4.78 is 5.85. The van der Waals surface area contributed by atoms with E-state index in [0.717, 1.165) is 18.4 Å². The summed E-state index contributed by atoms with van der Waals surface area (Å²) in [6.45, 7) is 4.41. The van der Waals surface area contributed by atoms with Gasteiger partial charge in [0.15, 0.2) is 0 Å². The number of hydrogen-bond acceptors (Lipinski definition) is 4. The van der Waals surface area contributed by atoms with Crippen molar-refractivity contribution in [3.05, 3.63) is 70.0 Å². The standard InChI is InChI=1S/C23H23Cl2N3O2/c1-14(2)21(15-7-9-16(24)10-8-15)23(29)28(17-11-12-17)13-20-26-27-22(30-20)18-5-3-4-6-19(18)25/h3-10,14,17,21H,11-13H2,1-2H3. The summed E-state index contributed by atoms with van der Waals surface area (Å²) in [5.74, 6) is 0.725. The van der Waals surface area contributed by atoms with Crippen LogP contribution >= 0.6 is 23.2 Å². The van der Waals surface area contributed by atoms with Crippen LogP contribution in [0.2, 0.25) is 10.0 Å². The molecule has 1 heterocycles. The first-order chi connectivity index (χ1) is 14.4. The van der Waals surface area contributed by atoms with Gasteiger partial charge in [-0.2, -0.15) is 0 Å². The van der Waals surface area contributed by atoms with Crippen LogP contribution in [-0.4, -0.2) is 27.0 Å². The smallest absolute Gasteiger partial charge is 0.249 e. The van der Waals surface area contributed by atoms with E-state index >= 15 is 0 Å². The molecule has 5 nitrogen and oxygen atoms in total. The maximum Gasteiger partial charge on any atom is 0.249 e. The molecule has 1 fully saturated rings. The van der Waals surface area contributed by atoms with Crippen LogP contribution in [0.15, 0.2) is 52.9 Å². The molecular formula is C23H23Cl2N3O2. The molecule has 156 valence electrons. The van der Waals surface area contributed by atoms with Crippen LogP contribution in [0.4, 0.5) is 0 Å². The van der Waals surface area contributed by atoms with Gasteiger partial charge in [0.1, 0.15) is 0 Å². The number of rotatable bonds is 7. The number of benzene rings is 2. The molecule has 0 spiro atoms. The van der Waals surface area contributed by atoms with Crippen molar-refractivity contribution in [1.82, 2.24) is 15.1 Å². The molecule has 3 aromatic rings. The minimum absolute atomic E-state index is 0.0762. The number of halogens is 2. The molecule has 0 bridgehead atoms. The Kier molecular flexibility index (Phi) is 6.11. The molecule has 0 saturated heterocycles. The summed E-state index contributed by atoms with van der Waals surface area (Å²) in [6, 6.07) is 15.0. The van der Waals surface area contributed by atoms with Crippen LogP contribution in [0.1, 0.15) is 44.1 Å². The fourth-order valence-corrected chi connectivity index (χ4v) is 3.98. The number of aromatic nitrogens is 2. The van der Waals surface area contributed by atoms with E-state index in [1.165, 1.54) is 0 Å². The van der Waals surface area contributed by atoms with Crippen molar-refractivity contribution >= 4 is 29.1 Å². The van der Waals surface area contributed by atoms with Crippen molar-refractivity contribution in [2.24, 2.45) is 5.92 Å². The first-order valence-corrected chi connectivity index (χ1v) is 10.8. The third kappa shape index (κ3) is 4.52. The second kappa shape index (κ2) is 8.78. The average Bonchev–Trinajstić information content (AvgIpc) is 3.46. The van der Waals surface area contributed by atoms with Gasteiger partial charge in [-0.3, -0.25) is 4.79 Å². The minimum atomic E-state index is -0.256. The van der Waals surface area contributed by atoms with E-state index < -0.39 is 0 Å². The predicted octanol–water partition coefficient (Wildman–Crippen LogP) is 5.97. The molecular weight excluding hydrogens is 421 g/mol. The highest BCUT2D eigenvalue weighted by atomic mass is 35.5. The first kappa shape index (κ1) is 20.9. The number of hydrogen-bond donors (Lipinski definition) is 0. The maximum absolute atomic E-state index is 13.6. The van der Waals surface area contributed by atoms with Crippen molar-refractivity contribution in [2.75, 3.05) is 0 Å². The zero-order chi connectivity index (χ0) is 21.3. The van der Waals surface area contributed by atoms with Crippen molar-refractivity contribution < 1.29 is 9.21 Å². The van der Waals surface area contributed by atoms with Gasteiger partial charge in [-0.25, -0.2) is 0 Å². The summed E-state index contributed by atoms with van der Waals surface area (Å²) in [7, 11) is 0. The van der Waals surface area contributed by atoms with Crippen LogP contribution in [0.25, 0.3) is 11.5 Å². The van der Waals surface area contributed by atoms with Gasteiger partial charge >= 0.3 is 0 Å². The average molecular weight is 444 g/mol. The topological polar surface area (TPSA) is 59.2 Å². The molecule has 0 N–H and O–H groups in total. The van der Waals surface area contributed by atoms with E-state index in [1.807, 2.05) is 47.4 Å². The van der Waals surface area contributed by atoms with Gasteiger partial charge in [0, 0.05) is 11.1 Å². The molecule has 0 aliphatic heterocycles. The quantitative estimate of drug-likeness (QED) is 0.450. The zero-order valence-corrected chi connectivity index (χ0v) is 18.4. The summed E-state index contributed by atoms with van der Waals surface area (Å²) in [5, 5.41) is 9.51. The lowest BCUT2D eigenvalue weighted by Gasteiger charge is -2.29. The number of nitrogens with zero attached hydrogens (tertiary/aromatic N) is 3. The molecule has 30 heavy (non-hydrogen) atoms. The molecule has 7 heteroatoms. The van der Waals surface area contributed by atoms with Crippen molar-refractivity contribution in [3.63, 3.8) is 0 Å². The van der Waals surface area contributed by atoms with Crippen molar-refractivity contribution in [1.29, 1.82) is 0 Å². The predicted molar refractivity (Wildman–Crippen MR) is 117 cm³/mol. The molecule has 1 aromatic heterocycles. The van der Waals surface area contributed by atoms with Crippen molar-refractivity contribution in [2.45, 2.75) is 45.2 Å². The summed E-state index contributed by atoms with van der Waals surface area (Å²) in [5.41, 5.74) is 1.65. The molecule has 1 atom stereocenters. The van der Waals surface area contributed by atoms with Gasteiger partial charge in [-0.05, 0) is 48.6 Å². The van der Waals surface area contributed by atoms with Gasteiger partial charge < -0.3 is 9.32 Å². The van der Waals surface area contributed by atoms with Gasteiger partial charge in [0.05, 0.1) is 23.0 Å². The Hall–Kier alpha value is -2.37. The third-order valence-corrected chi connectivity index (χ3v) is 5.89. The van der Waals surface area contributed by atoms with Crippen LogP contribution in [0, 0.1) is 5.92 Å². The Morgan fingerprint density at radius 3 is 2.43 bits per heavy atom. The highest BCUT2D eigenvalue weighted by Crippen LogP contribution is 2.35. The van der Waals surface area contributed by atoms with E-state index in [4.69, 9.17) is 27.6 Å². The van der Waals surface area contributed by atoms with Gasteiger partial charge in [0.2, 0.25) is 17.7 Å². The fourth-order valence-electron chi connectivity index (χ4n) is 3.64. The van der Waals surface area contributed by atoms with E-state index in [-0.39, 0.29) is 30.3 Å². The number of amides is 1. The lowest BCUT2D eigenvalue weighted by atomic mass is 9.87. The molecule has 1 saturated carbocycles. The van der Waals surface area contributed by atoms with E-state index in [9.17, 15) is 4.79 Å². The van der Waals surface area contributed by atoms with Gasteiger partial charge in [-0.1, -0.05) is 61.3 Å². The Balaban J connectivity index is 1.57. The fraction of sp³-hybridized carbons (Fsp3) is 0.348. The normalized spacial score (nSPS) is 14.7. The molecule has 1 aliphatic rings. The second-order valence-corrected chi connectivity index (χ2v) is 8.79. The number of carbonyl (C=O) groups is 1. The largest absolute Gasteiger partial charge is 0.419 e. The molecule has 2 aromatic carbocycles. The number of carbonyl (C=O) groups excluding carboxylic acids is 1. The lowest BCUT2D eigenvalue weighted by molar-refractivity contribution is -0.135. The Morgan fingerprint density at radius 2 is 1.80 bits per heavy atom. The van der Waals surface area contributed by atoms with Crippen LogP contribution in [0.3, 0.4) is 0 Å². The van der Waals surface area contributed by atoms with Gasteiger partial charge in [0.25, 0.3) is 0 Å². The Bertz CT molecular complexity index is 1030. The van der Waals surface area contributed by atoms with E-state index in [0.29, 0.717) is 27.4 Å².